The van der Waals surface area contributed by atoms with Gasteiger partial charge in [0.1, 0.15) is 6.17 Å². The maximum Gasteiger partial charge on any atom is 0.165 e. The van der Waals surface area contributed by atoms with Gasteiger partial charge in [-0.3, -0.25) is 4.99 Å². The molecule has 2 fully saturated rings. The van der Waals surface area contributed by atoms with Crippen molar-refractivity contribution in [3.05, 3.63) is 29.6 Å². The molecule has 1 aliphatic carbocycles. The molecule has 1 aromatic rings. The SMILES string of the molecule is CCCCCCCCOc1ccc(C(N)N=C(C2CCC2)C2CCCN2)cc1F. The molecule has 3 rings (SSSR count). The largest absolute Gasteiger partial charge is 0.491 e. The summed E-state index contributed by atoms with van der Waals surface area (Å²) in [5.74, 6) is 0.514. The molecule has 2 unspecified atom stereocenters. The molecule has 3 N–H and O–H groups in total. The van der Waals surface area contributed by atoms with Crippen LogP contribution in [0.5, 0.6) is 5.75 Å². The van der Waals surface area contributed by atoms with E-state index in [0.717, 1.165) is 25.8 Å². The van der Waals surface area contributed by atoms with Gasteiger partial charge in [0.15, 0.2) is 11.6 Å². The molecule has 1 aliphatic heterocycles. The monoisotopic (exact) mass is 403 g/mol. The van der Waals surface area contributed by atoms with Crippen LogP contribution in [-0.2, 0) is 0 Å². The molecule has 1 saturated carbocycles. The third kappa shape index (κ3) is 6.51. The molecular weight excluding hydrogens is 365 g/mol. The van der Waals surface area contributed by atoms with Crippen LogP contribution in [0.25, 0.3) is 0 Å². The van der Waals surface area contributed by atoms with E-state index in [1.54, 1.807) is 6.07 Å². The Labute approximate surface area is 175 Å². The van der Waals surface area contributed by atoms with Gasteiger partial charge in [-0.1, -0.05) is 51.5 Å². The van der Waals surface area contributed by atoms with E-state index in [2.05, 4.69) is 12.2 Å². The molecular formula is C24H38FN3O. The standard InChI is InChI=1S/C24H38FN3O/c1-2-3-4-5-6-7-16-29-22-14-13-19(17-20(22)25)24(26)28-23(18-10-8-11-18)21-12-9-15-27-21/h13-14,17-18,21,24,27H,2-12,15-16,26H2,1H3. The van der Waals surface area contributed by atoms with Crippen molar-refractivity contribution in [2.75, 3.05) is 13.2 Å². The van der Waals surface area contributed by atoms with Crippen molar-refractivity contribution in [3.8, 4) is 5.75 Å². The number of hydrogen-bond donors (Lipinski definition) is 2. The van der Waals surface area contributed by atoms with Gasteiger partial charge in [-0.05, 0) is 62.3 Å². The number of rotatable bonds is 12. The van der Waals surface area contributed by atoms with Crippen molar-refractivity contribution in [1.82, 2.24) is 5.32 Å². The maximum absolute atomic E-state index is 14.5. The van der Waals surface area contributed by atoms with Crippen LogP contribution in [0.15, 0.2) is 23.2 Å². The molecule has 2 atom stereocenters. The van der Waals surface area contributed by atoms with E-state index in [1.165, 1.54) is 63.1 Å². The van der Waals surface area contributed by atoms with E-state index >= 15 is 0 Å². The fourth-order valence-corrected chi connectivity index (χ4v) is 4.24. The van der Waals surface area contributed by atoms with Crippen molar-refractivity contribution < 1.29 is 9.13 Å². The first-order chi connectivity index (χ1) is 14.2. The van der Waals surface area contributed by atoms with Crippen LogP contribution >= 0.6 is 0 Å². The van der Waals surface area contributed by atoms with Gasteiger partial charge in [-0.25, -0.2) is 4.39 Å². The van der Waals surface area contributed by atoms with Gasteiger partial charge in [0, 0.05) is 11.8 Å². The smallest absolute Gasteiger partial charge is 0.165 e. The normalized spacial score (nSPS) is 21.2. The number of halogens is 1. The lowest BCUT2D eigenvalue weighted by molar-refractivity contribution is 0.289. The Morgan fingerprint density at radius 2 is 1.97 bits per heavy atom. The van der Waals surface area contributed by atoms with Crippen molar-refractivity contribution >= 4 is 5.71 Å². The number of nitrogens with one attached hydrogen (secondary N) is 1. The van der Waals surface area contributed by atoms with Crippen molar-refractivity contribution in [2.45, 2.75) is 89.8 Å². The van der Waals surface area contributed by atoms with Crippen molar-refractivity contribution in [1.29, 1.82) is 0 Å². The third-order valence-electron chi connectivity index (χ3n) is 6.28. The Bertz CT molecular complexity index is 654. The van der Waals surface area contributed by atoms with E-state index in [9.17, 15) is 4.39 Å². The van der Waals surface area contributed by atoms with Crippen LogP contribution in [0.1, 0.15) is 89.3 Å². The second-order valence-electron chi connectivity index (χ2n) is 8.58. The lowest BCUT2D eigenvalue weighted by Crippen LogP contribution is -2.39. The summed E-state index contributed by atoms with van der Waals surface area (Å²) in [7, 11) is 0. The fourth-order valence-electron chi connectivity index (χ4n) is 4.24. The fraction of sp³-hybridized carbons (Fsp3) is 0.708. The molecule has 0 aromatic heterocycles. The van der Waals surface area contributed by atoms with E-state index in [-0.39, 0.29) is 5.82 Å². The minimum Gasteiger partial charge on any atom is -0.491 e. The molecule has 2 aliphatic rings. The molecule has 1 aromatic carbocycles. The summed E-state index contributed by atoms with van der Waals surface area (Å²) in [5, 5.41) is 3.55. The summed E-state index contributed by atoms with van der Waals surface area (Å²) in [4.78, 5) is 4.86. The zero-order valence-electron chi connectivity index (χ0n) is 18.0. The zero-order valence-corrected chi connectivity index (χ0v) is 18.0. The summed E-state index contributed by atoms with van der Waals surface area (Å²) in [5.41, 5.74) is 8.27. The van der Waals surface area contributed by atoms with Crippen LogP contribution in [0.4, 0.5) is 4.39 Å². The van der Waals surface area contributed by atoms with Crippen LogP contribution in [0.3, 0.4) is 0 Å². The number of hydrogen-bond acceptors (Lipinski definition) is 4. The summed E-state index contributed by atoms with van der Waals surface area (Å²) in [6.07, 6.45) is 12.6. The Hall–Kier alpha value is -1.46. The average molecular weight is 404 g/mol. The maximum atomic E-state index is 14.5. The van der Waals surface area contributed by atoms with Gasteiger partial charge in [0.25, 0.3) is 0 Å². The lowest BCUT2D eigenvalue weighted by Gasteiger charge is -2.31. The number of nitrogens with two attached hydrogens (primary N) is 1. The minimum atomic E-state index is -0.518. The Morgan fingerprint density at radius 1 is 1.17 bits per heavy atom. The highest BCUT2D eigenvalue weighted by atomic mass is 19.1. The zero-order chi connectivity index (χ0) is 20.5. The van der Waals surface area contributed by atoms with Crippen LogP contribution in [0.2, 0.25) is 0 Å². The highest BCUT2D eigenvalue weighted by molar-refractivity contribution is 5.92. The number of ether oxygens (including phenoxy) is 1. The van der Waals surface area contributed by atoms with Gasteiger partial charge in [-0.15, -0.1) is 0 Å². The third-order valence-corrected chi connectivity index (χ3v) is 6.28. The molecule has 5 heteroatoms. The first-order valence-electron chi connectivity index (χ1n) is 11.7. The number of nitrogens with zero attached hydrogens (tertiary/aromatic N) is 1. The Kier molecular flexibility index (Phi) is 8.93. The first-order valence-corrected chi connectivity index (χ1v) is 11.7. The van der Waals surface area contributed by atoms with Gasteiger partial charge in [0.2, 0.25) is 0 Å². The Morgan fingerprint density at radius 3 is 2.62 bits per heavy atom. The minimum absolute atomic E-state index is 0.315. The van der Waals surface area contributed by atoms with Gasteiger partial charge in [0.05, 0.1) is 6.61 Å². The van der Waals surface area contributed by atoms with Crippen LogP contribution in [0, 0.1) is 11.7 Å². The molecule has 0 bridgehead atoms. The molecule has 0 spiro atoms. The summed E-state index contributed by atoms with van der Waals surface area (Å²) < 4.78 is 20.2. The molecule has 0 amide bonds. The van der Waals surface area contributed by atoms with Crippen molar-refractivity contribution in [3.63, 3.8) is 0 Å². The van der Waals surface area contributed by atoms with E-state index in [4.69, 9.17) is 15.5 Å². The summed E-state index contributed by atoms with van der Waals surface area (Å²) in [6.45, 7) is 3.82. The number of benzene rings is 1. The second kappa shape index (κ2) is 11.7. The molecule has 162 valence electrons. The predicted molar refractivity (Wildman–Crippen MR) is 118 cm³/mol. The number of unbranched alkanes of at least 4 members (excludes halogenated alkanes) is 5. The van der Waals surface area contributed by atoms with Gasteiger partial charge in [-0.2, -0.15) is 0 Å². The number of aliphatic imine (C=N–C) groups is 1. The highest BCUT2D eigenvalue weighted by Crippen LogP contribution is 2.32. The van der Waals surface area contributed by atoms with Crippen molar-refractivity contribution in [2.24, 2.45) is 16.6 Å². The van der Waals surface area contributed by atoms with E-state index in [1.807, 2.05) is 6.07 Å². The molecule has 0 radical (unpaired) electrons. The topological polar surface area (TPSA) is 59.6 Å². The summed E-state index contributed by atoms with van der Waals surface area (Å²) in [6, 6.07) is 5.39. The van der Waals surface area contributed by atoms with E-state index in [0.29, 0.717) is 29.9 Å². The predicted octanol–water partition coefficient (Wildman–Crippen LogP) is 5.52. The highest BCUT2D eigenvalue weighted by Gasteiger charge is 2.31. The second-order valence-corrected chi connectivity index (χ2v) is 8.58. The quantitative estimate of drug-likeness (QED) is 0.357. The molecule has 4 nitrogen and oxygen atoms in total. The van der Waals surface area contributed by atoms with E-state index < -0.39 is 6.17 Å². The first kappa shape index (κ1) is 22.2. The molecule has 29 heavy (non-hydrogen) atoms. The average Bonchev–Trinajstić information content (AvgIpc) is 3.21. The molecule has 1 heterocycles. The molecule has 1 saturated heterocycles. The van der Waals surface area contributed by atoms with Crippen LogP contribution in [-0.4, -0.2) is 24.9 Å². The summed E-state index contributed by atoms with van der Waals surface area (Å²) >= 11 is 0. The van der Waals surface area contributed by atoms with Gasteiger partial charge >= 0.3 is 0 Å². The Balaban J connectivity index is 1.54. The van der Waals surface area contributed by atoms with Crippen LogP contribution < -0.4 is 15.8 Å². The van der Waals surface area contributed by atoms with Gasteiger partial charge < -0.3 is 15.8 Å². The lowest BCUT2D eigenvalue weighted by atomic mass is 9.78.